The van der Waals surface area contributed by atoms with E-state index in [-0.39, 0.29) is 11.8 Å². The molecular weight excluding hydrogens is 462 g/mol. The summed E-state index contributed by atoms with van der Waals surface area (Å²) in [6.07, 6.45) is 6.93. The van der Waals surface area contributed by atoms with Crippen molar-refractivity contribution < 1.29 is 14.3 Å². The highest BCUT2D eigenvalue weighted by molar-refractivity contribution is 7.98. The first-order valence-corrected chi connectivity index (χ1v) is 13.3. The van der Waals surface area contributed by atoms with Crippen molar-refractivity contribution in [2.45, 2.75) is 44.7 Å². The fraction of sp³-hybridized carbons (Fsp3) is 0.385. The summed E-state index contributed by atoms with van der Waals surface area (Å²) in [7, 11) is 1.52. The van der Waals surface area contributed by atoms with Gasteiger partial charge in [-0.15, -0.1) is 10.2 Å². The monoisotopic (exact) mass is 493 g/mol. The first kappa shape index (κ1) is 24.8. The summed E-state index contributed by atoms with van der Waals surface area (Å²) in [5, 5.41) is 14.6. The number of methoxy groups -OCH3 is 1. The van der Waals surface area contributed by atoms with E-state index in [0.717, 1.165) is 48.8 Å². The number of para-hydroxylation sites is 1. The largest absolute Gasteiger partial charge is 0.496 e. The molecule has 1 aliphatic rings. The van der Waals surface area contributed by atoms with Crippen LogP contribution in [0.4, 0.5) is 5.69 Å². The van der Waals surface area contributed by atoms with Crippen LogP contribution < -0.4 is 15.4 Å². The van der Waals surface area contributed by atoms with Crippen LogP contribution in [0.25, 0.3) is 11.4 Å². The molecule has 1 atom stereocenters. The number of amides is 2. The van der Waals surface area contributed by atoms with E-state index in [0.29, 0.717) is 23.4 Å². The number of ether oxygens (including phenoxy) is 1. The van der Waals surface area contributed by atoms with Crippen molar-refractivity contribution in [1.29, 1.82) is 0 Å². The van der Waals surface area contributed by atoms with Crippen LogP contribution in [0.3, 0.4) is 0 Å². The Labute approximate surface area is 209 Å². The molecule has 0 saturated carbocycles. The molecule has 0 fully saturated rings. The van der Waals surface area contributed by atoms with Gasteiger partial charge in [-0.3, -0.25) is 9.59 Å². The first-order chi connectivity index (χ1) is 17.1. The van der Waals surface area contributed by atoms with Crippen molar-refractivity contribution in [3.8, 4) is 17.1 Å². The minimum absolute atomic E-state index is 0.258. The van der Waals surface area contributed by atoms with Crippen molar-refractivity contribution in [1.82, 2.24) is 20.1 Å². The zero-order chi connectivity index (χ0) is 24.6. The highest BCUT2D eigenvalue weighted by atomic mass is 32.2. The number of thioether (sulfide) groups is 1. The SMILES string of the molecule is COc1ccccc1C(=O)NC(CCSC)C(=O)Nc1ccc(-c2nnc3n2CCCCC3)cc1. The lowest BCUT2D eigenvalue weighted by Gasteiger charge is -2.19. The predicted octanol–water partition coefficient (Wildman–Crippen LogP) is 4.17. The molecule has 2 N–H and O–H groups in total. The van der Waals surface area contributed by atoms with Gasteiger partial charge in [0.1, 0.15) is 17.6 Å². The van der Waals surface area contributed by atoms with Gasteiger partial charge >= 0.3 is 0 Å². The van der Waals surface area contributed by atoms with E-state index >= 15 is 0 Å². The van der Waals surface area contributed by atoms with Gasteiger partial charge in [0, 0.05) is 24.2 Å². The Kier molecular flexibility index (Phi) is 8.41. The molecule has 0 aliphatic carbocycles. The van der Waals surface area contributed by atoms with Crippen LogP contribution in [0.15, 0.2) is 48.5 Å². The molecule has 0 radical (unpaired) electrons. The van der Waals surface area contributed by atoms with Crippen molar-refractivity contribution in [2.24, 2.45) is 0 Å². The van der Waals surface area contributed by atoms with E-state index in [2.05, 4.69) is 25.4 Å². The summed E-state index contributed by atoms with van der Waals surface area (Å²) in [5.41, 5.74) is 2.02. The number of anilines is 1. The summed E-state index contributed by atoms with van der Waals surface area (Å²) in [6, 6.07) is 13.9. The second-order valence-corrected chi connectivity index (χ2v) is 9.46. The third-order valence-electron chi connectivity index (χ3n) is 6.10. The van der Waals surface area contributed by atoms with Crippen LogP contribution in [0.2, 0.25) is 0 Å². The quantitative estimate of drug-likeness (QED) is 0.464. The number of aromatic nitrogens is 3. The van der Waals surface area contributed by atoms with Crippen LogP contribution >= 0.6 is 11.8 Å². The molecule has 4 rings (SSSR count). The molecule has 9 heteroatoms. The molecule has 0 spiro atoms. The molecular formula is C26H31N5O3S. The van der Waals surface area contributed by atoms with E-state index < -0.39 is 6.04 Å². The molecule has 1 aliphatic heterocycles. The highest BCUT2D eigenvalue weighted by Gasteiger charge is 2.23. The van der Waals surface area contributed by atoms with Crippen LogP contribution in [0.1, 0.15) is 41.9 Å². The third kappa shape index (κ3) is 6.03. The number of carbonyl (C=O) groups excluding carboxylic acids is 2. The van der Waals surface area contributed by atoms with E-state index in [1.807, 2.05) is 30.5 Å². The average Bonchev–Trinajstić information content (AvgIpc) is 3.14. The van der Waals surface area contributed by atoms with Crippen LogP contribution in [-0.4, -0.2) is 51.7 Å². The van der Waals surface area contributed by atoms with E-state index in [1.54, 1.807) is 36.0 Å². The Morgan fingerprint density at radius 2 is 1.89 bits per heavy atom. The van der Waals surface area contributed by atoms with Gasteiger partial charge in [0.15, 0.2) is 5.82 Å². The maximum absolute atomic E-state index is 13.1. The summed E-state index contributed by atoms with van der Waals surface area (Å²) < 4.78 is 7.49. The van der Waals surface area contributed by atoms with E-state index in [9.17, 15) is 9.59 Å². The van der Waals surface area contributed by atoms with Crippen molar-refractivity contribution in [3.63, 3.8) is 0 Å². The van der Waals surface area contributed by atoms with Crippen LogP contribution in [0.5, 0.6) is 5.75 Å². The number of rotatable bonds is 9. The Balaban J connectivity index is 1.45. The third-order valence-corrected chi connectivity index (χ3v) is 6.75. The summed E-state index contributed by atoms with van der Waals surface area (Å²) in [4.78, 5) is 26.0. The van der Waals surface area contributed by atoms with Gasteiger partial charge in [0.25, 0.3) is 5.91 Å². The van der Waals surface area contributed by atoms with Crippen LogP contribution in [0, 0.1) is 0 Å². The fourth-order valence-electron chi connectivity index (χ4n) is 4.20. The van der Waals surface area contributed by atoms with E-state index in [4.69, 9.17) is 4.74 Å². The predicted molar refractivity (Wildman–Crippen MR) is 139 cm³/mol. The van der Waals surface area contributed by atoms with E-state index in [1.165, 1.54) is 13.5 Å². The number of hydrogen-bond donors (Lipinski definition) is 2. The van der Waals surface area contributed by atoms with Gasteiger partial charge < -0.3 is 19.9 Å². The minimum atomic E-state index is -0.674. The van der Waals surface area contributed by atoms with Crippen molar-refractivity contribution in [2.75, 3.05) is 24.4 Å². The molecule has 8 nitrogen and oxygen atoms in total. The molecule has 0 saturated heterocycles. The summed E-state index contributed by atoms with van der Waals surface area (Å²) in [6.45, 7) is 0.930. The second-order valence-electron chi connectivity index (χ2n) is 8.48. The first-order valence-electron chi connectivity index (χ1n) is 11.9. The number of fused-ring (bicyclic) bond motifs is 1. The normalized spacial score (nSPS) is 13.9. The van der Waals surface area contributed by atoms with Gasteiger partial charge in [0.2, 0.25) is 5.91 Å². The molecule has 0 bridgehead atoms. The van der Waals surface area contributed by atoms with Crippen LogP contribution in [-0.2, 0) is 17.8 Å². The molecule has 2 heterocycles. The summed E-state index contributed by atoms with van der Waals surface area (Å²) >= 11 is 1.63. The summed E-state index contributed by atoms with van der Waals surface area (Å²) in [5.74, 6) is 2.51. The number of carbonyl (C=O) groups is 2. The zero-order valence-electron chi connectivity index (χ0n) is 20.1. The Morgan fingerprint density at radius 1 is 1.09 bits per heavy atom. The van der Waals surface area contributed by atoms with Gasteiger partial charge in [0.05, 0.1) is 12.7 Å². The maximum Gasteiger partial charge on any atom is 0.255 e. The average molecular weight is 494 g/mol. The molecule has 1 aromatic heterocycles. The van der Waals surface area contributed by atoms with Gasteiger partial charge in [-0.05, 0) is 67.7 Å². The van der Waals surface area contributed by atoms with Gasteiger partial charge in [-0.2, -0.15) is 11.8 Å². The minimum Gasteiger partial charge on any atom is -0.496 e. The molecule has 2 amide bonds. The number of nitrogens with zero attached hydrogens (tertiary/aromatic N) is 3. The van der Waals surface area contributed by atoms with Crippen molar-refractivity contribution >= 4 is 29.3 Å². The fourth-order valence-corrected chi connectivity index (χ4v) is 4.67. The zero-order valence-corrected chi connectivity index (χ0v) is 20.9. The Hall–Kier alpha value is -3.33. The number of nitrogens with one attached hydrogen (secondary N) is 2. The molecule has 2 aromatic carbocycles. The lowest BCUT2D eigenvalue weighted by Crippen LogP contribution is -2.44. The Bertz CT molecular complexity index is 1160. The topological polar surface area (TPSA) is 98.1 Å². The number of hydrogen-bond acceptors (Lipinski definition) is 6. The highest BCUT2D eigenvalue weighted by Crippen LogP contribution is 2.24. The van der Waals surface area contributed by atoms with Gasteiger partial charge in [-0.25, -0.2) is 0 Å². The lowest BCUT2D eigenvalue weighted by atomic mass is 10.1. The molecule has 3 aromatic rings. The maximum atomic E-state index is 13.1. The number of benzene rings is 2. The molecule has 1 unspecified atom stereocenters. The van der Waals surface area contributed by atoms with Gasteiger partial charge in [-0.1, -0.05) is 18.6 Å². The smallest absolute Gasteiger partial charge is 0.255 e. The lowest BCUT2D eigenvalue weighted by molar-refractivity contribution is -0.118. The molecule has 184 valence electrons. The van der Waals surface area contributed by atoms with Crippen molar-refractivity contribution in [3.05, 3.63) is 59.9 Å². The number of aryl methyl sites for hydroxylation is 1. The Morgan fingerprint density at radius 3 is 2.66 bits per heavy atom. The molecule has 35 heavy (non-hydrogen) atoms. The second kappa shape index (κ2) is 11.9. The standard InChI is InChI=1S/C26H31N5O3S/c1-34-22-9-6-5-8-20(22)25(32)28-21(15-17-35-2)26(33)27-19-13-11-18(12-14-19)24-30-29-23-10-4-3-7-16-31(23)24/h5-6,8-9,11-14,21H,3-4,7,10,15-17H2,1-2H3,(H,27,33)(H,28,32).